The van der Waals surface area contributed by atoms with Crippen molar-refractivity contribution in [2.24, 2.45) is 5.73 Å². The van der Waals surface area contributed by atoms with Gasteiger partial charge in [0.15, 0.2) is 0 Å². The molecule has 0 fully saturated rings. The third kappa shape index (κ3) is 3.37. The molecule has 0 bridgehead atoms. The molecule has 2 N–H and O–H groups in total. The highest BCUT2D eigenvalue weighted by molar-refractivity contribution is 5.46. The molecule has 1 rings (SSSR count). The van der Waals surface area contributed by atoms with Gasteiger partial charge in [0.05, 0.1) is 12.7 Å². The molecule has 0 heterocycles. The molecular weight excluding hydrogens is 214 g/mol. The lowest BCUT2D eigenvalue weighted by Crippen LogP contribution is -2.28. The lowest BCUT2D eigenvalue weighted by atomic mass is 10.0. The summed E-state index contributed by atoms with van der Waals surface area (Å²) in [5, 5.41) is 0. The van der Waals surface area contributed by atoms with E-state index >= 15 is 0 Å². The summed E-state index contributed by atoms with van der Waals surface area (Å²) in [5.41, 5.74) is 6.72. The molecule has 1 unspecified atom stereocenters. The number of methoxy groups -OCH3 is 1. The van der Waals surface area contributed by atoms with E-state index in [1.54, 1.807) is 7.11 Å². The summed E-state index contributed by atoms with van der Waals surface area (Å²) in [4.78, 5) is 0. The van der Waals surface area contributed by atoms with E-state index in [-0.39, 0.29) is 11.6 Å². The SMILES string of the molecule is CCC(C)(C)Oc1cccc(OC)c1C(C)N. The van der Waals surface area contributed by atoms with E-state index in [2.05, 4.69) is 20.8 Å². The number of hydrogen-bond donors (Lipinski definition) is 1. The van der Waals surface area contributed by atoms with Crippen LogP contribution in [0.4, 0.5) is 0 Å². The van der Waals surface area contributed by atoms with Crippen LogP contribution in [0.5, 0.6) is 11.5 Å². The fraction of sp³-hybridized carbons (Fsp3) is 0.571. The summed E-state index contributed by atoms with van der Waals surface area (Å²) in [7, 11) is 1.65. The average Bonchev–Trinajstić information content (AvgIpc) is 2.27. The molecule has 0 saturated carbocycles. The van der Waals surface area contributed by atoms with Gasteiger partial charge in [-0.2, -0.15) is 0 Å². The van der Waals surface area contributed by atoms with Crippen molar-refractivity contribution in [2.75, 3.05) is 7.11 Å². The minimum absolute atomic E-state index is 0.117. The van der Waals surface area contributed by atoms with Gasteiger partial charge in [-0.3, -0.25) is 0 Å². The predicted octanol–water partition coefficient (Wildman–Crippen LogP) is 3.28. The predicted molar refractivity (Wildman–Crippen MR) is 70.6 cm³/mol. The van der Waals surface area contributed by atoms with Crippen LogP contribution in [0.15, 0.2) is 18.2 Å². The fourth-order valence-electron chi connectivity index (χ4n) is 1.61. The number of benzene rings is 1. The van der Waals surface area contributed by atoms with Crippen LogP contribution in [-0.4, -0.2) is 12.7 Å². The zero-order valence-electron chi connectivity index (χ0n) is 11.4. The van der Waals surface area contributed by atoms with Crippen molar-refractivity contribution in [3.8, 4) is 11.5 Å². The standard InChI is InChI=1S/C14H23NO2/c1-6-14(3,4)17-12-9-7-8-11(16-5)13(12)10(2)15/h7-10H,6,15H2,1-5H3. The molecule has 3 nitrogen and oxygen atoms in total. The van der Waals surface area contributed by atoms with Gasteiger partial charge in [0.2, 0.25) is 0 Å². The van der Waals surface area contributed by atoms with Crippen LogP contribution in [0.1, 0.15) is 45.7 Å². The Bertz CT molecular complexity index is 372. The van der Waals surface area contributed by atoms with Crippen molar-refractivity contribution in [1.29, 1.82) is 0 Å². The number of rotatable bonds is 5. The quantitative estimate of drug-likeness (QED) is 0.854. The third-order valence-electron chi connectivity index (χ3n) is 2.94. The van der Waals surface area contributed by atoms with Crippen LogP contribution in [0, 0.1) is 0 Å². The second kappa shape index (κ2) is 5.41. The van der Waals surface area contributed by atoms with E-state index in [0.717, 1.165) is 23.5 Å². The Morgan fingerprint density at radius 2 is 1.88 bits per heavy atom. The van der Waals surface area contributed by atoms with Crippen molar-refractivity contribution >= 4 is 0 Å². The highest BCUT2D eigenvalue weighted by Crippen LogP contribution is 2.35. The van der Waals surface area contributed by atoms with Crippen LogP contribution < -0.4 is 15.2 Å². The molecule has 0 saturated heterocycles. The maximum absolute atomic E-state index is 6.03. The van der Waals surface area contributed by atoms with Gasteiger partial charge in [-0.25, -0.2) is 0 Å². The number of hydrogen-bond acceptors (Lipinski definition) is 3. The minimum atomic E-state index is -0.198. The van der Waals surface area contributed by atoms with E-state index in [1.165, 1.54) is 0 Å². The molecule has 0 amide bonds. The van der Waals surface area contributed by atoms with Crippen molar-refractivity contribution in [3.63, 3.8) is 0 Å². The van der Waals surface area contributed by atoms with Crippen LogP contribution in [0.25, 0.3) is 0 Å². The average molecular weight is 237 g/mol. The molecule has 3 heteroatoms. The van der Waals surface area contributed by atoms with Gasteiger partial charge < -0.3 is 15.2 Å². The van der Waals surface area contributed by atoms with Gasteiger partial charge >= 0.3 is 0 Å². The normalized spacial score (nSPS) is 13.3. The third-order valence-corrected chi connectivity index (χ3v) is 2.94. The van der Waals surface area contributed by atoms with E-state index in [1.807, 2.05) is 25.1 Å². The molecule has 1 atom stereocenters. The lowest BCUT2D eigenvalue weighted by molar-refractivity contribution is 0.103. The molecule has 0 aromatic heterocycles. The number of nitrogens with two attached hydrogens (primary N) is 1. The van der Waals surface area contributed by atoms with Gasteiger partial charge in [0, 0.05) is 6.04 Å². The molecule has 0 spiro atoms. The highest BCUT2D eigenvalue weighted by Gasteiger charge is 2.21. The molecular formula is C14H23NO2. The van der Waals surface area contributed by atoms with Crippen molar-refractivity contribution in [1.82, 2.24) is 0 Å². The zero-order chi connectivity index (χ0) is 13.1. The van der Waals surface area contributed by atoms with Crippen LogP contribution in [-0.2, 0) is 0 Å². The van der Waals surface area contributed by atoms with E-state index < -0.39 is 0 Å². The topological polar surface area (TPSA) is 44.5 Å². The van der Waals surface area contributed by atoms with Crippen LogP contribution >= 0.6 is 0 Å². The molecule has 0 aliphatic heterocycles. The van der Waals surface area contributed by atoms with Gasteiger partial charge in [-0.05, 0) is 39.3 Å². The molecule has 1 aromatic rings. The fourth-order valence-corrected chi connectivity index (χ4v) is 1.61. The Morgan fingerprint density at radius 1 is 1.29 bits per heavy atom. The maximum Gasteiger partial charge on any atom is 0.128 e. The summed E-state index contributed by atoms with van der Waals surface area (Å²) >= 11 is 0. The molecule has 0 radical (unpaired) electrons. The smallest absolute Gasteiger partial charge is 0.128 e. The summed E-state index contributed by atoms with van der Waals surface area (Å²) in [6.07, 6.45) is 0.933. The van der Waals surface area contributed by atoms with Gasteiger partial charge in [-0.15, -0.1) is 0 Å². The maximum atomic E-state index is 6.03. The highest BCUT2D eigenvalue weighted by atomic mass is 16.5. The first-order chi connectivity index (χ1) is 7.91. The Balaban J connectivity index is 3.15. The van der Waals surface area contributed by atoms with Gasteiger partial charge in [0.1, 0.15) is 17.1 Å². The van der Waals surface area contributed by atoms with Crippen molar-refractivity contribution < 1.29 is 9.47 Å². The van der Waals surface area contributed by atoms with E-state index in [9.17, 15) is 0 Å². The lowest BCUT2D eigenvalue weighted by Gasteiger charge is -2.27. The summed E-state index contributed by atoms with van der Waals surface area (Å²) in [6.45, 7) is 8.17. The zero-order valence-corrected chi connectivity index (χ0v) is 11.4. The van der Waals surface area contributed by atoms with Crippen molar-refractivity contribution in [2.45, 2.75) is 45.8 Å². The summed E-state index contributed by atoms with van der Waals surface area (Å²) < 4.78 is 11.4. The molecule has 0 aliphatic rings. The van der Waals surface area contributed by atoms with Crippen LogP contribution in [0.2, 0.25) is 0 Å². The minimum Gasteiger partial charge on any atom is -0.496 e. The second-order valence-corrected chi connectivity index (χ2v) is 4.88. The van der Waals surface area contributed by atoms with Crippen LogP contribution in [0.3, 0.4) is 0 Å². The molecule has 1 aromatic carbocycles. The summed E-state index contributed by atoms with van der Waals surface area (Å²) in [5.74, 6) is 1.59. The monoisotopic (exact) mass is 237 g/mol. The Labute approximate surface area is 104 Å². The number of ether oxygens (including phenoxy) is 2. The molecule has 96 valence electrons. The molecule has 0 aliphatic carbocycles. The van der Waals surface area contributed by atoms with E-state index in [4.69, 9.17) is 15.2 Å². The molecule has 17 heavy (non-hydrogen) atoms. The van der Waals surface area contributed by atoms with Gasteiger partial charge in [0.25, 0.3) is 0 Å². The van der Waals surface area contributed by atoms with Crippen molar-refractivity contribution in [3.05, 3.63) is 23.8 Å². The van der Waals surface area contributed by atoms with E-state index in [0.29, 0.717) is 0 Å². The Morgan fingerprint density at radius 3 is 2.35 bits per heavy atom. The second-order valence-electron chi connectivity index (χ2n) is 4.88. The Hall–Kier alpha value is -1.22. The first kappa shape index (κ1) is 13.8. The Kier molecular flexibility index (Phi) is 4.40. The van der Waals surface area contributed by atoms with Gasteiger partial charge in [-0.1, -0.05) is 13.0 Å². The first-order valence-electron chi connectivity index (χ1n) is 6.02. The summed E-state index contributed by atoms with van der Waals surface area (Å²) in [6, 6.07) is 5.66. The largest absolute Gasteiger partial charge is 0.496 e. The first-order valence-corrected chi connectivity index (χ1v) is 6.02.